The summed E-state index contributed by atoms with van der Waals surface area (Å²) in [6.45, 7) is 1.19. The third kappa shape index (κ3) is 3.20. The fourth-order valence-electron chi connectivity index (χ4n) is 2.46. The number of aliphatic hydroxyl groups is 1. The maximum absolute atomic E-state index is 12.5. The van der Waals surface area contributed by atoms with Crippen LogP contribution in [0.2, 0.25) is 0 Å². The molecule has 1 aliphatic rings. The molecule has 1 unspecified atom stereocenters. The van der Waals surface area contributed by atoms with Crippen molar-refractivity contribution in [2.75, 3.05) is 33.8 Å². The molecule has 0 aromatic heterocycles. The van der Waals surface area contributed by atoms with Crippen LogP contribution in [0.25, 0.3) is 0 Å². The molecule has 0 aliphatic carbocycles. The van der Waals surface area contributed by atoms with Crippen molar-refractivity contribution in [3.05, 3.63) is 29.8 Å². The summed E-state index contributed by atoms with van der Waals surface area (Å²) in [6.07, 6.45) is 1.42. The van der Waals surface area contributed by atoms with Crippen LogP contribution in [0, 0.1) is 0 Å². The molecule has 5 nitrogen and oxygen atoms in total. The summed E-state index contributed by atoms with van der Waals surface area (Å²) >= 11 is 0. The first kappa shape index (κ1) is 15.4. The smallest absolute Gasteiger partial charge is 0.243 e. The first-order valence-electron chi connectivity index (χ1n) is 6.81. The van der Waals surface area contributed by atoms with Crippen LogP contribution in [-0.2, 0) is 16.4 Å². The van der Waals surface area contributed by atoms with E-state index in [-0.39, 0.29) is 6.61 Å². The van der Waals surface area contributed by atoms with Gasteiger partial charge in [-0.3, -0.25) is 0 Å². The highest BCUT2D eigenvalue weighted by atomic mass is 32.2. The van der Waals surface area contributed by atoms with Crippen molar-refractivity contribution in [2.45, 2.75) is 23.8 Å². The van der Waals surface area contributed by atoms with Crippen LogP contribution >= 0.6 is 0 Å². The topological polar surface area (TPSA) is 60.9 Å². The number of hydrogen-bond donors (Lipinski definition) is 1. The molecule has 112 valence electrons. The zero-order valence-corrected chi connectivity index (χ0v) is 12.8. The summed E-state index contributed by atoms with van der Waals surface area (Å²) in [4.78, 5) is 2.40. The highest BCUT2D eigenvalue weighted by molar-refractivity contribution is 7.89. The Morgan fingerprint density at radius 1 is 1.30 bits per heavy atom. The molecule has 0 amide bonds. The molecule has 1 heterocycles. The number of rotatable bonds is 5. The highest BCUT2D eigenvalue weighted by Gasteiger charge is 2.33. The van der Waals surface area contributed by atoms with Gasteiger partial charge in [0.25, 0.3) is 0 Å². The molecule has 1 aliphatic heterocycles. The number of sulfonamides is 1. The van der Waals surface area contributed by atoms with Gasteiger partial charge in [0.1, 0.15) is 0 Å². The first-order chi connectivity index (χ1) is 9.45. The Labute approximate surface area is 120 Å². The molecule has 1 N–H and O–H groups in total. The first-order valence-corrected chi connectivity index (χ1v) is 8.25. The third-order valence-corrected chi connectivity index (χ3v) is 5.70. The van der Waals surface area contributed by atoms with Gasteiger partial charge < -0.3 is 10.0 Å². The molecule has 6 heteroatoms. The second-order valence-electron chi connectivity index (χ2n) is 5.39. The fourth-order valence-corrected chi connectivity index (χ4v) is 3.95. The SMILES string of the molecule is CN(C)C1CCN(S(=O)(=O)c2ccc(CCO)cc2)C1. The molecule has 20 heavy (non-hydrogen) atoms. The van der Waals surface area contributed by atoms with Crippen LogP contribution in [0.3, 0.4) is 0 Å². The number of hydrogen-bond acceptors (Lipinski definition) is 4. The van der Waals surface area contributed by atoms with Gasteiger partial charge in [-0.15, -0.1) is 0 Å². The zero-order chi connectivity index (χ0) is 14.8. The Morgan fingerprint density at radius 3 is 2.45 bits per heavy atom. The highest BCUT2D eigenvalue weighted by Crippen LogP contribution is 2.23. The molecule has 1 aromatic carbocycles. The molecule has 1 fully saturated rings. The van der Waals surface area contributed by atoms with E-state index < -0.39 is 10.0 Å². The molecule has 1 saturated heterocycles. The maximum Gasteiger partial charge on any atom is 0.243 e. The molecule has 2 rings (SSSR count). The van der Waals surface area contributed by atoms with E-state index in [2.05, 4.69) is 4.90 Å². The van der Waals surface area contributed by atoms with E-state index in [0.717, 1.165) is 12.0 Å². The van der Waals surface area contributed by atoms with Gasteiger partial charge >= 0.3 is 0 Å². The van der Waals surface area contributed by atoms with Crippen molar-refractivity contribution < 1.29 is 13.5 Å². The lowest BCUT2D eigenvalue weighted by molar-refractivity contribution is 0.299. The van der Waals surface area contributed by atoms with E-state index in [4.69, 9.17) is 5.11 Å². The number of likely N-dealkylation sites (N-methyl/N-ethyl adjacent to an activating group) is 1. The van der Waals surface area contributed by atoms with Crippen LogP contribution in [-0.4, -0.2) is 62.6 Å². The van der Waals surface area contributed by atoms with E-state index >= 15 is 0 Å². The Kier molecular flexibility index (Phi) is 4.80. The van der Waals surface area contributed by atoms with Crippen molar-refractivity contribution in [3.63, 3.8) is 0 Å². The molecular weight excluding hydrogens is 276 g/mol. The van der Waals surface area contributed by atoms with Gasteiger partial charge in [0, 0.05) is 25.7 Å². The molecule has 0 saturated carbocycles. The summed E-state index contributed by atoms with van der Waals surface area (Å²) in [6, 6.07) is 7.08. The second kappa shape index (κ2) is 6.22. The lowest BCUT2D eigenvalue weighted by Gasteiger charge is -2.20. The van der Waals surface area contributed by atoms with Crippen molar-refractivity contribution in [3.8, 4) is 0 Å². The number of benzene rings is 1. The second-order valence-corrected chi connectivity index (χ2v) is 7.32. The molecule has 1 aromatic rings. The molecule has 0 bridgehead atoms. The maximum atomic E-state index is 12.5. The minimum Gasteiger partial charge on any atom is -0.396 e. The van der Waals surface area contributed by atoms with E-state index in [9.17, 15) is 8.42 Å². The standard InChI is InChI=1S/C14H22N2O3S/c1-15(2)13-7-9-16(11-13)20(18,19)14-5-3-12(4-6-14)8-10-17/h3-6,13,17H,7-11H2,1-2H3. The number of nitrogens with zero attached hydrogens (tertiary/aromatic N) is 2. The van der Waals surface area contributed by atoms with Crippen LogP contribution in [0.4, 0.5) is 0 Å². The van der Waals surface area contributed by atoms with Gasteiger partial charge in [-0.05, 0) is 44.6 Å². The van der Waals surface area contributed by atoms with Crippen LogP contribution < -0.4 is 0 Å². The van der Waals surface area contributed by atoms with E-state index in [1.54, 1.807) is 28.6 Å². The van der Waals surface area contributed by atoms with Crippen molar-refractivity contribution >= 4 is 10.0 Å². The average Bonchev–Trinajstić information content (AvgIpc) is 2.90. The van der Waals surface area contributed by atoms with E-state index in [1.807, 2.05) is 14.1 Å². The minimum atomic E-state index is -3.39. The summed E-state index contributed by atoms with van der Waals surface area (Å²) < 4.78 is 26.6. The number of aliphatic hydroxyl groups excluding tert-OH is 1. The molecule has 1 atom stereocenters. The van der Waals surface area contributed by atoms with Gasteiger partial charge in [0.05, 0.1) is 4.90 Å². The van der Waals surface area contributed by atoms with E-state index in [1.165, 1.54) is 0 Å². The van der Waals surface area contributed by atoms with Crippen molar-refractivity contribution in [1.29, 1.82) is 0 Å². The summed E-state index contributed by atoms with van der Waals surface area (Å²) in [5.74, 6) is 0. The normalized spacial score (nSPS) is 20.7. The minimum absolute atomic E-state index is 0.0722. The summed E-state index contributed by atoms with van der Waals surface area (Å²) in [7, 11) is 0.561. The Hall–Kier alpha value is -0.950. The third-order valence-electron chi connectivity index (χ3n) is 3.82. The molecule has 0 spiro atoms. The summed E-state index contributed by atoms with van der Waals surface area (Å²) in [5, 5.41) is 8.87. The predicted octanol–water partition coefficient (Wildman–Crippen LogP) is 0.546. The van der Waals surface area contributed by atoms with Crippen molar-refractivity contribution in [1.82, 2.24) is 9.21 Å². The molecule has 0 radical (unpaired) electrons. The largest absolute Gasteiger partial charge is 0.396 e. The van der Waals surface area contributed by atoms with Crippen molar-refractivity contribution in [2.24, 2.45) is 0 Å². The fraction of sp³-hybridized carbons (Fsp3) is 0.571. The molecular formula is C14H22N2O3S. The lowest BCUT2D eigenvalue weighted by atomic mass is 10.2. The van der Waals surface area contributed by atoms with Gasteiger partial charge in [0.15, 0.2) is 0 Å². The van der Waals surface area contributed by atoms with Gasteiger partial charge in [-0.25, -0.2) is 8.42 Å². The Morgan fingerprint density at radius 2 is 1.95 bits per heavy atom. The van der Waals surface area contributed by atoms with Crippen LogP contribution in [0.1, 0.15) is 12.0 Å². The zero-order valence-electron chi connectivity index (χ0n) is 12.0. The lowest BCUT2D eigenvalue weighted by Crippen LogP contribution is -2.34. The Bertz CT molecular complexity index is 540. The van der Waals surface area contributed by atoms with Gasteiger partial charge in [-0.1, -0.05) is 12.1 Å². The van der Waals surface area contributed by atoms with E-state index in [0.29, 0.717) is 30.4 Å². The predicted molar refractivity (Wildman–Crippen MR) is 78.1 cm³/mol. The Balaban J connectivity index is 2.14. The average molecular weight is 298 g/mol. The summed E-state index contributed by atoms with van der Waals surface area (Å²) in [5.41, 5.74) is 0.944. The quantitative estimate of drug-likeness (QED) is 0.862. The van der Waals surface area contributed by atoms with Gasteiger partial charge in [-0.2, -0.15) is 4.31 Å². The van der Waals surface area contributed by atoms with Crippen LogP contribution in [0.5, 0.6) is 0 Å². The van der Waals surface area contributed by atoms with Gasteiger partial charge in [0.2, 0.25) is 10.0 Å². The van der Waals surface area contributed by atoms with Crippen LogP contribution in [0.15, 0.2) is 29.2 Å². The monoisotopic (exact) mass is 298 g/mol.